The van der Waals surface area contributed by atoms with E-state index in [2.05, 4.69) is 32.2 Å². The molecule has 1 amide bonds. The van der Waals surface area contributed by atoms with E-state index in [9.17, 15) is 4.79 Å². The second kappa shape index (κ2) is 11.0. The minimum Gasteiger partial charge on any atom is -0.495 e. The molecule has 0 aliphatic rings. The van der Waals surface area contributed by atoms with Gasteiger partial charge in [-0.3, -0.25) is 9.48 Å². The monoisotopic (exact) mass is 485 g/mol. The van der Waals surface area contributed by atoms with E-state index < -0.39 is 0 Å². The summed E-state index contributed by atoms with van der Waals surface area (Å²) in [6.07, 6.45) is 4.67. The maximum Gasteiger partial charge on any atom is 0.247 e. The van der Waals surface area contributed by atoms with Gasteiger partial charge in [0.05, 0.1) is 29.7 Å². The first-order chi connectivity index (χ1) is 17.4. The Morgan fingerprint density at radius 1 is 1.19 bits per heavy atom. The van der Waals surface area contributed by atoms with Crippen molar-refractivity contribution < 1.29 is 9.53 Å². The molecule has 4 rings (SSSR count). The van der Waals surface area contributed by atoms with Gasteiger partial charge >= 0.3 is 0 Å². The number of fused-ring (bicyclic) bond motifs is 1. The zero-order chi connectivity index (χ0) is 25.7. The van der Waals surface area contributed by atoms with Gasteiger partial charge < -0.3 is 20.3 Å². The van der Waals surface area contributed by atoms with E-state index in [1.807, 2.05) is 68.3 Å². The number of benzene rings is 2. The lowest BCUT2D eigenvalue weighted by Gasteiger charge is -2.17. The molecule has 2 N–H and O–H groups in total. The maximum absolute atomic E-state index is 12.1. The molecule has 9 heteroatoms. The topological polar surface area (TPSA) is 97.2 Å². The molecule has 9 nitrogen and oxygen atoms in total. The Labute approximate surface area is 210 Å². The Morgan fingerprint density at radius 2 is 2.00 bits per heavy atom. The summed E-state index contributed by atoms with van der Waals surface area (Å²) in [5, 5.41) is 11.8. The number of carbonyl (C=O) groups excluding carboxylic acids is 1. The normalized spacial score (nSPS) is 11.0. The van der Waals surface area contributed by atoms with Gasteiger partial charge in [-0.15, -0.1) is 0 Å². The highest BCUT2D eigenvalue weighted by Crippen LogP contribution is 2.34. The standard InChI is InChI=1S/C27H31N7O2/c1-6-25(35)29-22-17-23(24(36-5)16-18(22)10-9-15-33(2)3)31-27-28-14-13-21(30-27)26-19-11-7-8-12-20(19)32-34(26)4/h6-8,11-14,16-17H,1,9-10,15H2,2-5H3,(H,29,35)(H,28,30,31). The highest BCUT2D eigenvalue weighted by atomic mass is 16.5. The van der Waals surface area contributed by atoms with Gasteiger partial charge in [-0.2, -0.15) is 5.10 Å². The van der Waals surface area contributed by atoms with Crippen LogP contribution in [-0.2, 0) is 18.3 Å². The van der Waals surface area contributed by atoms with Gasteiger partial charge in [0.1, 0.15) is 5.75 Å². The van der Waals surface area contributed by atoms with Crippen LogP contribution >= 0.6 is 0 Å². The summed E-state index contributed by atoms with van der Waals surface area (Å²) in [7, 11) is 7.59. The molecule has 0 saturated heterocycles. The van der Waals surface area contributed by atoms with Gasteiger partial charge in [0, 0.05) is 24.3 Å². The molecular weight excluding hydrogens is 454 g/mol. The number of methoxy groups -OCH3 is 1. The van der Waals surface area contributed by atoms with Gasteiger partial charge in [0.25, 0.3) is 0 Å². The Hall–Kier alpha value is -4.24. The highest BCUT2D eigenvalue weighted by Gasteiger charge is 2.16. The van der Waals surface area contributed by atoms with E-state index in [0.717, 1.165) is 47.2 Å². The summed E-state index contributed by atoms with van der Waals surface area (Å²) in [4.78, 5) is 23.4. The Kier molecular flexibility index (Phi) is 7.60. The third-order valence-corrected chi connectivity index (χ3v) is 5.81. The van der Waals surface area contributed by atoms with Gasteiger partial charge in [0.15, 0.2) is 0 Å². The van der Waals surface area contributed by atoms with E-state index in [0.29, 0.717) is 23.1 Å². The summed E-state index contributed by atoms with van der Waals surface area (Å²) >= 11 is 0. The number of aryl methyl sites for hydroxylation is 2. The summed E-state index contributed by atoms with van der Waals surface area (Å²) in [5.41, 5.74) is 4.85. The molecule has 0 radical (unpaired) electrons. The van der Waals surface area contributed by atoms with Gasteiger partial charge in [-0.05, 0) is 69.4 Å². The zero-order valence-corrected chi connectivity index (χ0v) is 21.1. The summed E-state index contributed by atoms with van der Waals surface area (Å²) in [5.74, 6) is 0.755. The average molecular weight is 486 g/mol. The molecule has 0 spiro atoms. The molecule has 4 aromatic rings. The van der Waals surface area contributed by atoms with Crippen molar-refractivity contribution in [3.63, 3.8) is 0 Å². The van der Waals surface area contributed by atoms with Crippen molar-refractivity contribution in [2.45, 2.75) is 12.8 Å². The van der Waals surface area contributed by atoms with E-state index in [-0.39, 0.29) is 5.91 Å². The molecule has 2 heterocycles. The molecule has 0 bridgehead atoms. The molecule has 0 saturated carbocycles. The molecule has 186 valence electrons. The second-order valence-corrected chi connectivity index (χ2v) is 8.69. The fraction of sp³-hybridized carbons (Fsp3) is 0.259. The fourth-order valence-electron chi connectivity index (χ4n) is 4.10. The molecule has 2 aromatic heterocycles. The van der Waals surface area contributed by atoms with Crippen LogP contribution in [0.1, 0.15) is 12.0 Å². The molecule has 0 unspecified atom stereocenters. The summed E-state index contributed by atoms with van der Waals surface area (Å²) in [6.45, 7) is 4.50. The van der Waals surface area contributed by atoms with Crippen LogP contribution in [0.5, 0.6) is 5.75 Å². The van der Waals surface area contributed by atoms with Crippen molar-refractivity contribution in [3.8, 4) is 17.1 Å². The number of nitrogens with one attached hydrogen (secondary N) is 2. The third-order valence-electron chi connectivity index (χ3n) is 5.81. The number of hydrogen-bond acceptors (Lipinski definition) is 7. The largest absolute Gasteiger partial charge is 0.495 e. The van der Waals surface area contributed by atoms with Gasteiger partial charge in [-0.25, -0.2) is 9.97 Å². The predicted octanol–water partition coefficient (Wildman–Crippen LogP) is 4.40. The van der Waals surface area contributed by atoms with Crippen molar-refractivity contribution in [2.75, 3.05) is 38.4 Å². The number of anilines is 3. The molecule has 0 atom stereocenters. The lowest BCUT2D eigenvalue weighted by molar-refractivity contribution is -0.111. The van der Waals surface area contributed by atoms with Crippen molar-refractivity contribution in [1.29, 1.82) is 0 Å². The predicted molar refractivity (Wildman–Crippen MR) is 144 cm³/mol. The number of aromatic nitrogens is 4. The maximum atomic E-state index is 12.1. The van der Waals surface area contributed by atoms with Crippen LogP contribution in [0, 0.1) is 0 Å². The molecule has 2 aromatic carbocycles. The van der Waals surface area contributed by atoms with E-state index >= 15 is 0 Å². The Bertz CT molecular complexity index is 1390. The molecule has 36 heavy (non-hydrogen) atoms. The van der Waals surface area contributed by atoms with Crippen molar-refractivity contribution in [2.24, 2.45) is 7.05 Å². The highest BCUT2D eigenvalue weighted by molar-refractivity contribution is 6.00. The number of rotatable bonds is 10. The van der Waals surface area contributed by atoms with Gasteiger partial charge in [-0.1, -0.05) is 24.8 Å². The number of nitrogens with zero attached hydrogens (tertiary/aromatic N) is 5. The summed E-state index contributed by atoms with van der Waals surface area (Å²) < 4.78 is 7.50. The van der Waals surface area contributed by atoms with Crippen LogP contribution in [-0.4, -0.2) is 58.3 Å². The third kappa shape index (κ3) is 5.52. The summed E-state index contributed by atoms with van der Waals surface area (Å²) in [6, 6.07) is 13.6. The minimum absolute atomic E-state index is 0.277. The van der Waals surface area contributed by atoms with Crippen LogP contribution in [0.25, 0.3) is 22.3 Å². The quantitative estimate of drug-likeness (QED) is 0.321. The number of amides is 1. The first-order valence-corrected chi connectivity index (χ1v) is 11.7. The van der Waals surface area contributed by atoms with Crippen LogP contribution in [0.4, 0.5) is 17.3 Å². The number of ether oxygens (including phenoxy) is 1. The van der Waals surface area contributed by atoms with Crippen molar-refractivity contribution in [3.05, 3.63) is 66.9 Å². The van der Waals surface area contributed by atoms with Crippen LogP contribution in [0.3, 0.4) is 0 Å². The first-order valence-electron chi connectivity index (χ1n) is 11.7. The Balaban J connectivity index is 1.68. The van der Waals surface area contributed by atoms with Crippen molar-refractivity contribution in [1.82, 2.24) is 24.6 Å². The van der Waals surface area contributed by atoms with E-state index in [1.54, 1.807) is 13.3 Å². The average Bonchev–Trinajstić information content (AvgIpc) is 3.20. The molecule has 0 aliphatic heterocycles. The zero-order valence-electron chi connectivity index (χ0n) is 21.1. The number of hydrogen-bond donors (Lipinski definition) is 2. The molecule has 0 fully saturated rings. The van der Waals surface area contributed by atoms with Crippen LogP contribution in [0.2, 0.25) is 0 Å². The SMILES string of the molecule is C=CC(=O)Nc1cc(Nc2nccc(-c3c4ccccc4nn3C)n2)c(OC)cc1CCCN(C)C. The second-order valence-electron chi connectivity index (χ2n) is 8.69. The fourth-order valence-corrected chi connectivity index (χ4v) is 4.10. The Morgan fingerprint density at radius 3 is 2.75 bits per heavy atom. The first kappa shape index (κ1) is 24.9. The lowest BCUT2D eigenvalue weighted by atomic mass is 10.0. The van der Waals surface area contributed by atoms with Gasteiger partial charge in [0.2, 0.25) is 11.9 Å². The smallest absolute Gasteiger partial charge is 0.247 e. The lowest BCUT2D eigenvalue weighted by Crippen LogP contribution is -2.15. The molecular formula is C27H31N7O2. The minimum atomic E-state index is -0.277. The van der Waals surface area contributed by atoms with E-state index in [4.69, 9.17) is 9.72 Å². The van der Waals surface area contributed by atoms with Crippen LogP contribution in [0.15, 0.2) is 61.3 Å². The molecule has 0 aliphatic carbocycles. The number of carbonyl (C=O) groups is 1. The van der Waals surface area contributed by atoms with Crippen LogP contribution < -0.4 is 15.4 Å². The van der Waals surface area contributed by atoms with Crippen molar-refractivity contribution >= 4 is 34.1 Å². The van der Waals surface area contributed by atoms with E-state index in [1.165, 1.54) is 6.08 Å².